The number of fused-ring (bicyclic) bond motifs is 1. The number of hydrogen-bond acceptors (Lipinski definition) is 5. The number of halogens is 1. The third-order valence-electron chi connectivity index (χ3n) is 4.49. The SMILES string of the molecule is Clc1cc2c(c(CN3CCN(c4ccccn4)CC3)c1)OCOC2. The van der Waals surface area contributed by atoms with Crippen molar-refractivity contribution < 1.29 is 9.47 Å². The molecule has 0 spiro atoms. The number of nitrogens with zero attached hydrogens (tertiary/aromatic N) is 3. The molecule has 0 unspecified atom stereocenters. The Bertz CT molecular complexity index is 703. The van der Waals surface area contributed by atoms with Gasteiger partial charge in [-0.3, -0.25) is 4.90 Å². The maximum absolute atomic E-state index is 6.26. The van der Waals surface area contributed by atoms with Gasteiger partial charge in [0.2, 0.25) is 0 Å². The maximum atomic E-state index is 6.26. The van der Waals surface area contributed by atoms with Crippen LogP contribution in [0.15, 0.2) is 36.5 Å². The van der Waals surface area contributed by atoms with Gasteiger partial charge in [0.1, 0.15) is 11.6 Å². The Kier molecular flexibility index (Phi) is 4.56. The van der Waals surface area contributed by atoms with E-state index in [9.17, 15) is 0 Å². The average Bonchev–Trinajstić information content (AvgIpc) is 2.63. The van der Waals surface area contributed by atoms with Gasteiger partial charge < -0.3 is 14.4 Å². The first kappa shape index (κ1) is 15.7. The normalized spacial score (nSPS) is 18.1. The van der Waals surface area contributed by atoms with Crippen LogP contribution in [-0.2, 0) is 17.9 Å². The minimum atomic E-state index is 0.315. The maximum Gasteiger partial charge on any atom is 0.189 e. The largest absolute Gasteiger partial charge is 0.467 e. The molecule has 0 amide bonds. The van der Waals surface area contributed by atoms with Crippen LogP contribution in [0.2, 0.25) is 5.02 Å². The van der Waals surface area contributed by atoms with E-state index >= 15 is 0 Å². The second kappa shape index (κ2) is 6.97. The fourth-order valence-electron chi connectivity index (χ4n) is 3.29. The zero-order valence-corrected chi connectivity index (χ0v) is 14.2. The standard InChI is InChI=1S/C18H20ClN3O2/c19-16-9-14(18-15(10-16)12-23-13-24-18)11-21-5-7-22(8-6-21)17-3-1-2-4-20-17/h1-4,9-10H,5-8,11-13H2. The molecule has 0 saturated carbocycles. The predicted molar refractivity (Wildman–Crippen MR) is 93.5 cm³/mol. The van der Waals surface area contributed by atoms with Crippen molar-refractivity contribution in [2.45, 2.75) is 13.2 Å². The molecule has 0 N–H and O–H groups in total. The molecule has 5 nitrogen and oxygen atoms in total. The van der Waals surface area contributed by atoms with E-state index in [-0.39, 0.29) is 0 Å². The summed E-state index contributed by atoms with van der Waals surface area (Å²) in [4.78, 5) is 9.20. The summed E-state index contributed by atoms with van der Waals surface area (Å²) in [6.07, 6.45) is 1.85. The Morgan fingerprint density at radius 2 is 2.00 bits per heavy atom. The van der Waals surface area contributed by atoms with Gasteiger partial charge in [0.25, 0.3) is 0 Å². The van der Waals surface area contributed by atoms with Gasteiger partial charge in [0.05, 0.1) is 6.61 Å². The van der Waals surface area contributed by atoms with Crippen LogP contribution in [0.1, 0.15) is 11.1 Å². The Hall–Kier alpha value is -1.82. The number of anilines is 1. The van der Waals surface area contributed by atoms with Gasteiger partial charge in [-0.2, -0.15) is 0 Å². The van der Waals surface area contributed by atoms with Crippen LogP contribution >= 0.6 is 11.6 Å². The second-order valence-electron chi connectivity index (χ2n) is 6.11. The molecule has 4 rings (SSSR count). The van der Waals surface area contributed by atoms with Crippen LogP contribution in [-0.4, -0.2) is 42.9 Å². The molecule has 3 heterocycles. The number of ether oxygens (including phenoxy) is 2. The van der Waals surface area contributed by atoms with Gasteiger partial charge in [0.15, 0.2) is 6.79 Å². The van der Waals surface area contributed by atoms with Gasteiger partial charge >= 0.3 is 0 Å². The number of piperazine rings is 1. The Morgan fingerprint density at radius 3 is 2.79 bits per heavy atom. The van der Waals surface area contributed by atoms with Crippen LogP contribution in [0.5, 0.6) is 5.75 Å². The summed E-state index contributed by atoms with van der Waals surface area (Å²) < 4.78 is 11.1. The minimum Gasteiger partial charge on any atom is -0.467 e. The summed E-state index contributed by atoms with van der Waals surface area (Å²) in [6, 6.07) is 9.99. The molecular formula is C18H20ClN3O2. The van der Waals surface area contributed by atoms with Crippen molar-refractivity contribution in [1.82, 2.24) is 9.88 Å². The third kappa shape index (κ3) is 3.34. The first-order valence-electron chi connectivity index (χ1n) is 8.20. The molecule has 2 aromatic rings. The lowest BCUT2D eigenvalue weighted by atomic mass is 10.1. The molecule has 0 atom stereocenters. The Balaban J connectivity index is 1.43. The molecule has 1 aromatic heterocycles. The highest BCUT2D eigenvalue weighted by molar-refractivity contribution is 6.30. The highest BCUT2D eigenvalue weighted by Gasteiger charge is 2.22. The van der Waals surface area contributed by atoms with Crippen LogP contribution in [0.25, 0.3) is 0 Å². The predicted octanol–water partition coefficient (Wildman–Crippen LogP) is 2.92. The lowest BCUT2D eigenvalue weighted by Gasteiger charge is -2.36. The molecule has 2 aliphatic heterocycles. The van der Waals surface area contributed by atoms with Crippen LogP contribution < -0.4 is 9.64 Å². The summed E-state index contributed by atoms with van der Waals surface area (Å²) in [5, 5.41) is 0.741. The Morgan fingerprint density at radius 1 is 1.12 bits per heavy atom. The summed E-state index contributed by atoms with van der Waals surface area (Å²) >= 11 is 6.26. The molecule has 0 radical (unpaired) electrons. The molecule has 6 heteroatoms. The monoisotopic (exact) mass is 345 g/mol. The molecule has 0 aliphatic carbocycles. The highest BCUT2D eigenvalue weighted by Crippen LogP contribution is 2.32. The van der Waals surface area contributed by atoms with Crippen LogP contribution in [0.3, 0.4) is 0 Å². The number of benzene rings is 1. The zero-order chi connectivity index (χ0) is 16.4. The van der Waals surface area contributed by atoms with Crippen molar-refractivity contribution in [3.8, 4) is 5.75 Å². The fraction of sp³-hybridized carbons (Fsp3) is 0.389. The van der Waals surface area contributed by atoms with Crippen molar-refractivity contribution in [2.75, 3.05) is 37.9 Å². The average molecular weight is 346 g/mol. The highest BCUT2D eigenvalue weighted by atomic mass is 35.5. The van der Waals surface area contributed by atoms with Gasteiger partial charge in [-0.1, -0.05) is 17.7 Å². The first-order valence-corrected chi connectivity index (χ1v) is 8.57. The molecule has 126 valence electrons. The topological polar surface area (TPSA) is 37.8 Å². The lowest BCUT2D eigenvalue weighted by molar-refractivity contribution is -0.0174. The molecule has 2 aliphatic rings. The summed E-state index contributed by atoms with van der Waals surface area (Å²) in [7, 11) is 0. The van der Waals surface area contributed by atoms with Gasteiger partial charge in [-0.15, -0.1) is 0 Å². The summed E-state index contributed by atoms with van der Waals surface area (Å²) in [5.74, 6) is 2.00. The van der Waals surface area contributed by atoms with Crippen LogP contribution in [0.4, 0.5) is 5.82 Å². The number of pyridine rings is 1. The van der Waals surface area contributed by atoms with E-state index in [2.05, 4.69) is 20.9 Å². The van der Waals surface area contributed by atoms with Crippen molar-refractivity contribution in [1.29, 1.82) is 0 Å². The molecule has 24 heavy (non-hydrogen) atoms. The van der Waals surface area contributed by atoms with Gasteiger partial charge in [-0.25, -0.2) is 4.98 Å². The minimum absolute atomic E-state index is 0.315. The number of aromatic nitrogens is 1. The molecule has 0 bridgehead atoms. The van der Waals surface area contributed by atoms with Gasteiger partial charge in [-0.05, 0) is 24.3 Å². The van der Waals surface area contributed by atoms with E-state index in [1.165, 1.54) is 0 Å². The molecule has 1 fully saturated rings. The zero-order valence-electron chi connectivity index (χ0n) is 13.4. The van der Waals surface area contributed by atoms with Crippen LogP contribution in [0, 0.1) is 0 Å². The van der Waals surface area contributed by atoms with E-state index in [0.717, 1.165) is 60.4 Å². The fourth-order valence-corrected chi connectivity index (χ4v) is 3.55. The van der Waals surface area contributed by atoms with E-state index < -0.39 is 0 Å². The van der Waals surface area contributed by atoms with E-state index in [4.69, 9.17) is 21.1 Å². The van der Waals surface area contributed by atoms with Gasteiger partial charge in [0, 0.05) is 55.1 Å². The van der Waals surface area contributed by atoms with Crippen molar-refractivity contribution in [3.05, 3.63) is 52.7 Å². The quantitative estimate of drug-likeness (QED) is 0.855. The van der Waals surface area contributed by atoms with Crippen molar-refractivity contribution in [3.63, 3.8) is 0 Å². The lowest BCUT2D eigenvalue weighted by Crippen LogP contribution is -2.46. The molecule has 1 saturated heterocycles. The number of hydrogen-bond donors (Lipinski definition) is 0. The molecule has 1 aromatic carbocycles. The smallest absolute Gasteiger partial charge is 0.189 e. The summed E-state index contributed by atoms with van der Waals surface area (Å²) in [6.45, 7) is 5.67. The second-order valence-corrected chi connectivity index (χ2v) is 6.55. The van der Waals surface area contributed by atoms with Crippen molar-refractivity contribution >= 4 is 17.4 Å². The van der Waals surface area contributed by atoms with E-state index in [1.54, 1.807) is 0 Å². The Labute approximate surface area is 146 Å². The van der Waals surface area contributed by atoms with E-state index in [1.807, 2.05) is 30.5 Å². The number of rotatable bonds is 3. The van der Waals surface area contributed by atoms with Crippen molar-refractivity contribution in [2.24, 2.45) is 0 Å². The molecular weight excluding hydrogens is 326 g/mol. The summed E-state index contributed by atoms with van der Waals surface area (Å²) in [5.41, 5.74) is 2.18. The first-order chi connectivity index (χ1) is 11.8. The van der Waals surface area contributed by atoms with E-state index in [0.29, 0.717) is 13.4 Å². The third-order valence-corrected chi connectivity index (χ3v) is 4.71.